The van der Waals surface area contributed by atoms with E-state index in [1.165, 1.54) is 18.3 Å². The molecule has 24 heavy (non-hydrogen) atoms. The van der Waals surface area contributed by atoms with Crippen LogP contribution in [0.4, 0.5) is 10.1 Å². The fourth-order valence-electron chi connectivity index (χ4n) is 2.02. The van der Waals surface area contributed by atoms with Gasteiger partial charge in [-0.15, -0.1) is 0 Å². The topological polar surface area (TPSA) is 51.2 Å². The molecule has 0 atom stereocenters. The van der Waals surface area contributed by atoms with Crippen LogP contribution in [-0.4, -0.2) is 10.9 Å². The Morgan fingerprint density at radius 2 is 2.00 bits per heavy atom. The van der Waals surface area contributed by atoms with Gasteiger partial charge in [0.2, 0.25) is 0 Å². The van der Waals surface area contributed by atoms with Crippen LogP contribution in [-0.2, 0) is 0 Å². The average Bonchev–Trinajstić information content (AvgIpc) is 2.58. The van der Waals surface area contributed by atoms with E-state index >= 15 is 0 Å². The molecule has 0 bridgehead atoms. The molecule has 120 valence electrons. The van der Waals surface area contributed by atoms with Crippen molar-refractivity contribution in [2.45, 2.75) is 0 Å². The number of nitrogens with one attached hydrogen (secondary N) is 1. The minimum absolute atomic E-state index is 0.294. The molecule has 0 unspecified atom stereocenters. The molecule has 1 heterocycles. The lowest BCUT2D eigenvalue weighted by atomic mass is 10.2. The van der Waals surface area contributed by atoms with Gasteiger partial charge in [0.15, 0.2) is 0 Å². The Balaban J connectivity index is 1.74. The number of ether oxygens (including phenoxy) is 1. The molecule has 0 radical (unpaired) electrons. The summed E-state index contributed by atoms with van der Waals surface area (Å²) in [5.74, 6) is 0.00707. The van der Waals surface area contributed by atoms with E-state index in [0.29, 0.717) is 27.8 Å². The molecule has 0 aliphatic carbocycles. The highest BCUT2D eigenvalue weighted by Gasteiger charge is 2.09. The van der Waals surface area contributed by atoms with Gasteiger partial charge < -0.3 is 10.1 Å². The van der Waals surface area contributed by atoms with Crippen LogP contribution in [0.15, 0.2) is 67.0 Å². The summed E-state index contributed by atoms with van der Waals surface area (Å²) in [7, 11) is 0. The SMILES string of the molecule is O=C(Nc1ccc(Oc2cccc(F)c2)c(Cl)c1)c1cccnc1. The number of carbonyl (C=O) groups excluding carboxylic acids is 1. The Morgan fingerprint density at radius 3 is 2.71 bits per heavy atom. The number of pyridine rings is 1. The number of amides is 1. The van der Waals surface area contributed by atoms with Crippen molar-refractivity contribution in [2.24, 2.45) is 0 Å². The third kappa shape index (κ3) is 3.88. The summed E-state index contributed by atoms with van der Waals surface area (Å²) in [6.45, 7) is 0. The molecule has 2 aromatic carbocycles. The molecule has 3 aromatic rings. The Kier molecular flexibility index (Phi) is 4.72. The van der Waals surface area contributed by atoms with Crippen molar-refractivity contribution in [1.82, 2.24) is 4.98 Å². The molecule has 0 saturated heterocycles. The highest BCUT2D eigenvalue weighted by molar-refractivity contribution is 6.32. The third-order valence-corrected chi connectivity index (χ3v) is 3.43. The number of nitrogens with zero attached hydrogens (tertiary/aromatic N) is 1. The van der Waals surface area contributed by atoms with Gasteiger partial charge in [0.1, 0.15) is 17.3 Å². The fraction of sp³-hybridized carbons (Fsp3) is 0. The first-order valence-electron chi connectivity index (χ1n) is 7.06. The maximum absolute atomic E-state index is 13.2. The molecule has 1 amide bonds. The van der Waals surface area contributed by atoms with Crippen LogP contribution in [0.2, 0.25) is 5.02 Å². The van der Waals surface area contributed by atoms with Gasteiger partial charge >= 0.3 is 0 Å². The van der Waals surface area contributed by atoms with E-state index in [1.807, 2.05) is 0 Å². The number of hydrogen-bond acceptors (Lipinski definition) is 3. The van der Waals surface area contributed by atoms with E-state index in [9.17, 15) is 9.18 Å². The van der Waals surface area contributed by atoms with Gasteiger partial charge in [-0.2, -0.15) is 0 Å². The number of aromatic nitrogens is 1. The van der Waals surface area contributed by atoms with Crippen molar-refractivity contribution in [2.75, 3.05) is 5.32 Å². The monoisotopic (exact) mass is 342 g/mol. The van der Waals surface area contributed by atoms with Crippen molar-refractivity contribution >= 4 is 23.2 Å². The molecule has 0 saturated carbocycles. The van der Waals surface area contributed by atoms with Crippen molar-refractivity contribution in [1.29, 1.82) is 0 Å². The summed E-state index contributed by atoms with van der Waals surface area (Å²) in [6.07, 6.45) is 3.06. The van der Waals surface area contributed by atoms with Gasteiger partial charge in [-0.1, -0.05) is 17.7 Å². The largest absolute Gasteiger partial charge is 0.456 e. The van der Waals surface area contributed by atoms with Gasteiger partial charge in [-0.3, -0.25) is 9.78 Å². The molecular weight excluding hydrogens is 331 g/mol. The Morgan fingerprint density at radius 1 is 1.12 bits per heavy atom. The van der Waals surface area contributed by atoms with Gasteiger partial charge in [0.05, 0.1) is 10.6 Å². The van der Waals surface area contributed by atoms with Crippen LogP contribution in [0.5, 0.6) is 11.5 Å². The van der Waals surface area contributed by atoms with E-state index in [-0.39, 0.29) is 5.91 Å². The van der Waals surface area contributed by atoms with Crippen LogP contribution < -0.4 is 10.1 Å². The quantitative estimate of drug-likeness (QED) is 0.732. The zero-order valence-corrected chi connectivity index (χ0v) is 13.1. The van der Waals surface area contributed by atoms with Gasteiger partial charge in [0, 0.05) is 24.1 Å². The van der Waals surface area contributed by atoms with E-state index in [4.69, 9.17) is 16.3 Å². The fourth-order valence-corrected chi connectivity index (χ4v) is 2.24. The number of halogens is 2. The van der Waals surface area contributed by atoms with Crippen LogP contribution in [0.1, 0.15) is 10.4 Å². The second-order valence-electron chi connectivity index (χ2n) is 4.90. The highest BCUT2D eigenvalue weighted by Crippen LogP contribution is 2.32. The first kappa shape index (κ1) is 16.0. The predicted molar refractivity (Wildman–Crippen MR) is 90.1 cm³/mol. The smallest absolute Gasteiger partial charge is 0.257 e. The maximum atomic E-state index is 13.2. The second kappa shape index (κ2) is 7.10. The molecule has 6 heteroatoms. The zero-order chi connectivity index (χ0) is 16.9. The Hall–Kier alpha value is -2.92. The lowest BCUT2D eigenvalue weighted by Crippen LogP contribution is -2.11. The molecular formula is C18H12ClFN2O2. The first-order chi connectivity index (χ1) is 11.6. The van der Waals surface area contributed by atoms with E-state index in [0.717, 1.165) is 0 Å². The summed E-state index contributed by atoms with van der Waals surface area (Å²) < 4.78 is 18.7. The summed E-state index contributed by atoms with van der Waals surface area (Å²) in [4.78, 5) is 16.0. The third-order valence-electron chi connectivity index (χ3n) is 3.14. The lowest BCUT2D eigenvalue weighted by Gasteiger charge is -2.10. The normalized spacial score (nSPS) is 10.2. The molecule has 4 nitrogen and oxygen atoms in total. The van der Waals surface area contributed by atoms with Crippen LogP contribution in [0, 0.1) is 5.82 Å². The number of rotatable bonds is 4. The van der Waals surface area contributed by atoms with Crippen LogP contribution >= 0.6 is 11.6 Å². The highest BCUT2D eigenvalue weighted by atomic mass is 35.5. The Bertz CT molecular complexity index is 872. The molecule has 0 spiro atoms. The maximum Gasteiger partial charge on any atom is 0.257 e. The van der Waals surface area contributed by atoms with Crippen molar-refractivity contribution in [3.05, 3.63) is 83.4 Å². The second-order valence-corrected chi connectivity index (χ2v) is 5.31. The summed E-state index contributed by atoms with van der Waals surface area (Å²) in [5, 5.41) is 3.01. The molecule has 3 rings (SSSR count). The van der Waals surface area contributed by atoms with Gasteiger partial charge in [0.25, 0.3) is 5.91 Å². The minimum Gasteiger partial charge on any atom is -0.456 e. The van der Waals surface area contributed by atoms with Crippen molar-refractivity contribution in [3.63, 3.8) is 0 Å². The van der Waals surface area contributed by atoms with Crippen LogP contribution in [0.25, 0.3) is 0 Å². The summed E-state index contributed by atoms with van der Waals surface area (Å²) in [5.41, 5.74) is 0.953. The van der Waals surface area contributed by atoms with Crippen molar-refractivity contribution in [3.8, 4) is 11.5 Å². The first-order valence-corrected chi connectivity index (χ1v) is 7.44. The summed E-state index contributed by atoms with van der Waals surface area (Å²) >= 11 is 6.17. The molecule has 0 aliphatic heterocycles. The zero-order valence-electron chi connectivity index (χ0n) is 12.4. The van der Waals surface area contributed by atoms with E-state index in [2.05, 4.69) is 10.3 Å². The number of hydrogen-bond donors (Lipinski definition) is 1. The van der Waals surface area contributed by atoms with Gasteiger partial charge in [-0.05, 0) is 42.5 Å². The minimum atomic E-state index is -0.399. The molecule has 0 fully saturated rings. The standard InChI is InChI=1S/C18H12ClFN2O2/c19-16-10-14(22-18(23)12-3-2-8-21-11-12)6-7-17(16)24-15-5-1-4-13(20)9-15/h1-11H,(H,22,23). The number of benzene rings is 2. The summed E-state index contributed by atoms with van der Waals surface area (Å²) in [6, 6.07) is 13.9. The van der Waals surface area contributed by atoms with Gasteiger partial charge in [-0.25, -0.2) is 4.39 Å². The molecule has 1 N–H and O–H groups in total. The number of anilines is 1. The van der Waals surface area contributed by atoms with E-state index in [1.54, 1.807) is 48.7 Å². The lowest BCUT2D eigenvalue weighted by molar-refractivity contribution is 0.102. The van der Waals surface area contributed by atoms with Crippen molar-refractivity contribution < 1.29 is 13.9 Å². The van der Waals surface area contributed by atoms with E-state index < -0.39 is 5.82 Å². The average molecular weight is 343 g/mol. The van der Waals surface area contributed by atoms with Crippen LogP contribution in [0.3, 0.4) is 0 Å². The number of carbonyl (C=O) groups is 1. The molecule has 1 aromatic heterocycles. The predicted octanol–water partition coefficient (Wildman–Crippen LogP) is 4.92. The molecule has 0 aliphatic rings. The Labute approximate surface area is 142 Å².